The number of hydrogen-bond acceptors (Lipinski definition) is 4. The zero-order chi connectivity index (χ0) is 15.1. The van der Waals surface area contributed by atoms with E-state index in [4.69, 9.17) is 0 Å². The number of nitrogens with one attached hydrogen (secondary N) is 2. The molecule has 0 aromatic carbocycles. The summed E-state index contributed by atoms with van der Waals surface area (Å²) < 4.78 is 0. The number of likely N-dealkylation sites (tertiary alicyclic amines) is 1. The summed E-state index contributed by atoms with van der Waals surface area (Å²) in [5.74, 6) is 1.56. The fourth-order valence-electron chi connectivity index (χ4n) is 3.74. The average molecular weight is 299 g/mol. The summed E-state index contributed by atoms with van der Waals surface area (Å²) in [6, 6.07) is 1.91. The number of aromatic amines is 1. The molecule has 2 fully saturated rings. The van der Waals surface area contributed by atoms with Gasteiger partial charge in [-0.1, -0.05) is 0 Å². The van der Waals surface area contributed by atoms with Crippen molar-refractivity contribution in [3.8, 4) is 0 Å². The second kappa shape index (κ2) is 5.35. The van der Waals surface area contributed by atoms with Gasteiger partial charge in [0.05, 0.1) is 5.56 Å². The van der Waals surface area contributed by atoms with Crippen molar-refractivity contribution in [2.75, 3.05) is 26.2 Å². The van der Waals surface area contributed by atoms with Gasteiger partial charge in [-0.25, -0.2) is 4.98 Å². The Morgan fingerprint density at radius 2 is 2.00 bits per heavy atom. The zero-order valence-electron chi connectivity index (χ0n) is 12.8. The van der Waals surface area contributed by atoms with Gasteiger partial charge in [-0.3, -0.25) is 9.89 Å². The molecule has 6 nitrogen and oxygen atoms in total. The van der Waals surface area contributed by atoms with Crippen LogP contribution in [0.5, 0.6) is 0 Å². The van der Waals surface area contributed by atoms with Crippen LogP contribution in [0.15, 0.2) is 12.3 Å². The maximum absolute atomic E-state index is 12.8. The van der Waals surface area contributed by atoms with E-state index in [-0.39, 0.29) is 5.91 Å². The topological polar surface area (TPSA) is 73.9 Å². The predicted octanol–water partition coefficient (Wildman–Crippen LogP) is 1.34. The first-order valence-electron chi connectivity index (χ1n) is 8.03. The minimum atomic E-state index is 0.0999. The number of aromatic nitrogens is 3. The van der Waals surface area contributed by atoms with E-state index in [2.05, 4.69) is 20.5 Å². The molecule has 22 heavy (non-hydrogen) atoms. The number of fused-ring (bicyclic) bond motifs is 2. The summed E-state index contributed by atoms with van der Waals surface area (Å²) in [6.45, 7) is 5.86. The molecular weight excluding hydrogens is 278 g/mol. The molecule has 2 aliphatic heterocycles. The summed E-state index contributed by atoms with van der Waals surface area (Å²) in [4.78, 5) is 19.1. The van der Waals surface area contributed by atoms with Crippen molar-refractivity contribution in [2.45, 2.75) is 19.8 Å². The molecule has 1 amide bonds. The summed E-state index contributed by atoms with van der Waals surface area (Å²) in [6.07, 6.45) is 3.85. The normalized spacial score (nSPS) is 25.2. The molecule has 2 N–H and O–H groups in total. The molecule has 2 aliphatic rings. The number of pyridine rings is 1. The maximum Gasteiger partial charge on any atom is 0.255 e. The van der Waals surface area contributed by atoms with Gasteiger partial charge < -0.3 is 10.2 Å². The van der Waals surface area contributed by atoms with Crippen molar-refractivity contribution in [1.82, 2.24) is 25.4 Å². The highest BCUT2D eigenvalue weighted by Crippen LogP contribution is 2.28. The van der Waals surface area contributed by atoms with Crippen LogP contribution in [-0.2, 0) is 0 Å². The lowest BCUT2D eigenvalue weighted by molar-refractivity contribution is 0.0758. The number of rotatable bonds is 1. The molecular formula is C16H21N5O. The molecule has 0 aliphatic carbocycles. The summed E-state index contributed by atoms with van der Waals surface area (Å²) in [5, 5.41) is 11.4. The standard InChI is InChI=1S/C16H21N5O/c1-10-14-6-13(9-18-15(14)20-19-10)16(22)21-4-2-11-7-17-8-12(11)3-5-21/h6,9,11-12,17H,2-5,7-8H2,1H3,(H,18,19,20)/t11-,12+. The van der Waals surface area contributed by atoms with E-state index >= 15 is 0 Å². The van der Waals surface area contributed by atoms with E-state index in [0.29, 0.717) is 11.2 Å². The van der Waals surface area contributed by atoms with Crippen molar-refractivity contribution in [3.05, 3.63) is 23.5 Å². The molecule has 0 spiro atoms. The van der Waals surface area contributed by atoms with Crippen LogP contribution in [0.25, 0.3) is 11.0 Å². The number of aryl methyl sites for hydroxylation is 1. The Bertz CT molecular complexity index is 696. The molecule has 0 unspecified atom stereocenters. The lowest BCUT2D eigenvalue weighted by Gasteiger charge is -2.20. The quantitative estimate of drug-likeness (QED) is 0.833. The number of hydrogen-bond donors (Lipinski definition) is 2. The van der Waals surface area contributed by atoms with E-state index in [9.17, 15) is 4.79 Å². The first kappa shape index (κ1) is 13.7. The van der Waals surface area contributed by atoms with Gasteiger partial charge in [0.1, 0.15) is 0 Å². The van der Waals surface area contributed by atoms with E-state index < -0.39 is 0 Å². The Morgan fingerprint density at radius 3 is 2.73 bits per heavy atom. The predicted molar refractivity (Wildman–Crippen MR) is 83.6 cm³/mol. The summed E-state index contributed by atoms with van der Waals surface area (Å²) in [7, 11) is 0. The van der Waals surface area contributed by atoms with Gasteiger partial charge in [0.25, 0.3) is 5.91 Å². The number of carbonyl (C=O) groups is 1. The van der Waals surface area contributed by atoms with Crippen molar-refractivity contribution >= 4 is 16.9 Å². The van der Waals surface area contributed by atoms with Crippen LogP contribution in [0.4, 0.5) is 0 Å². The smallest absolute Gasteiger partial charge is 0.255 e. The van der Waals surface area contributed by atoms with Gasteiger partial charge in [0.15, 0.2) is 5.65 Å². The minimum absolute atomic E-state index is 0.0999. The average Bonchev–Trinajstić information content (AvgIpc) is 3.08. The highest BCUT2D eigenvalue weighted by molar-refractivity contribution is 5.97. The SMILES string of the molecule is Cc1[nH]nc2ncc(C(=O)N3CC[C@@H]4CNC[C@@H]4CC3)cc12. The van der Waals surface area contributed by atoms with E-state index in [1.807, 2.05) is 17.9 Å². The Hall–Kier alpha value is -1.95. The molecule has 4 heterocycles. The van der Waals surface area contributed by atoms with Gasteiger partial charge in [-0.05, 0) is 50.8 Å². The zero-order valence-corrected chi connectivity index (χ0v) is 12.8. The van der Waals surface area contributed by atoms with Crippen LogP contribution in [0.3, 0.4) is 0 Å². The number of amides is 1. The molecule has 2 aromatic heterocycles. The second-order valence-corrected chi connectivity index (χ2v) is 6.49. The Labute approximate surface area is 129 Å². The largest absolute Gasteiger partial charge is 0.339 e. The molecule has 116 valence electrons. The third-order valence-electron chi connectivity index (χ3n) is 5.15. The highest BCUT2D eigenvalue weighted by atomic mass is 16.2. The number of nitrogens with zero attached hydrogens (tertiary/aromatic N) is 3. The van der Waals surface area contributed by atoms with Crippen molar-refractivity contribution in [3.63, 3.8) is 0 Å². The summed E-state index contributed by atoms with van der Waals surface area (Å²) >= 11 is 0. The van der Waals surface area contributed by atoms with Crippen LogP contribution in [0, 0.1) is 18.8 Å². The van der Waals surface area contributed by atoms with Gasteiger partial charge in [0.2, 0.25) is 0 Å². The van der Waals surface area contributed by atoms with Crippen molar-refractivity contribution < 1.29 is 4.79 Å². The second-order valence-electron chi connectivity index (χ2n) is 6.49. The van der Waals surface area contributed by atoms with E-state index in [0.717, 1.165) is 61.9 Å². The van der Waals surface area contributed by atoms with Gasteiger partial charge >= 0.3 is 0 Å². The third kappa shape index (κ3) is 2.27. The van der Waals surface area contributed by atoms with Crippen LogP contribution >= 0.6 is 0 Å². The number of H-pyrrole nitrogens is 1. The van der Waals surface area contributed by atoms with Crippen LogP contribution in [0.1, 0.15) is 28.9 Å². The van der Waals surface area contributed by atoms with Crippen molar-refractivity contribution in [2.24, 2.45) is 11.8 Å². The molecule has 6 heteroatoms. The lowest BCUT2D eigenvalue weighted by Crippen LogP contribution is -2.32. The van der Waals surface area contributed by atoms with Gasteiger partial charge in [-0.15, -0.1) is 0 Å². The maximum atomic E-state index is 12.8. The lowest BCUT2D eigenvalue weighted by atomic mass is 9.92. The fourth-order valence-corrected chi connectivity index (χ4v) is 3.74. The van der Waals surface area contributed by atoms with Crippen LogP contribution < -0.4 is 5.32 Å². The van der Waals surface area contributed by atoms with Gasteiger partial charge in [-0.2, -0.15) is 5.10 Å². The van der Waals surface area contributed by atoms with Crippen molar-refractivity contribution in [1.29, 1.82) is 0 Å². The first-order chi connectivity index (χ1) is 10.7. The molecule has 2 aromatic rings. The monoisotopic (exact) mass is 299 g/mol. The van der Waals surface area contributed by atoms with E-state index in [1.165, 1.54) is 0 Å². The minimum Gasteiger partial charge on any atom is -0.339 e. The van der Waals surface area contributed by atoms with Crippen LogP contribution in [-0.4, -0.2) is 52.2 Å². The molecule has 2 saturated heterocycles. The highest BCUT2D eigenvalue weighted by Gasteiger charge is 2.31. The molecule has 4 rings (SSSR count). The molecule has 0 radical (unpaired) electrons. The fraction of sp³-hybridized carbons (Fsp3) is 0.562. The first-order valence-corrected chi connectivity index (χ1v) is 8.03. The molecule has 0 bridgehead atoms. The third-order valence-corrected chi connectivity index (χ3v) is 5.15. The Kier molecular flexibility index (Phi) is 3.33. The van der Waals surface area contributed by atoms with Gasteiger partial charge in [0, 0.05) is 30.4 Å². The molecule has 2 atom stereocenters. The van der Waals surface area contributed by atoms with Crippen LogP contribution in [0.2, 0.25) is 0 Å². The van der Waals surface area contributed by atoms with E-state index in [1.54, 1.807) is 6.20 Å². The summed E-state index contributed by atoms with van der Waals surface area (Å²) in [5.41, 5.74) is 2.29. The number of carbonyl (C=O) groups excluding carboxylic acids is 1. The Morgan fingerprint density at radius 1 is 1.27 bits per heavy atom. The Balaban J connectivity index is 1.56. The molecule has 0 saturated carbocycles.